The maximum absolute atomic E-state index is 3.80. The number of rotatable bonds is 2. The molecule has 1 atom stereocenters. The molecule has 0 saturated carbocycles. The van der Waals surface area contributed by atoms with Gasteiger partial charge in [-0.1, -0.05) is 30.3 Å². The average molecular weight is 158 g/mol. The second-order valence-electron chi connectivity index (χ2n) is 3.46. The Morgan fingerprint density at radius 1 is 1.42 bits per heavy atom. The summed E-state index contributed by atoms with van der Waals surface area (Å²) in [5.74, 6) is 0.749. The van der Waals surface area contributed by atoms with E-state index in [0.717, 1.165) is 12.3 Å². The Morgan fingerprint density at radius 2 is 2.25 bits per heavy atom. The van der Waals surface area contributed by atoms with Gasteiger partial charge in [0.2, 0.25) is 0 Å². The molecule has 1 aromatic rings. The Labute approximate surface area is 73.9 Å². The Balaban J connectivity index is 2.29. The molecule has 0 unspecified atom stereocenters. The van der Waals surface area contributed by atoms with Crippen LogP contribution in [0.4, 0.5) is 0 Å². The van der Waals surface area contributed by atoms with Gasteiger partial charge in [-0.15, -0.1) is 6.58 Å². The predicted octanol–water partition coefficient (Wildman–Crippen LogP) is 3.29. The highest BCUT2D eigenvalue weighted by atomic mass is 14.2. The van der Waals surface area contributed by atoms with Gasteiger partial charge in [-0.3, -0.25) is 0 Å². The number of hydrogen-bond donors (Lipinski definition) is 0. The topological polar surface area (TPSA) is 0 Å². The lowest BCUT2D eigenvalue weighted by atomic mass is 9.98. The van der Waals surface area contributed by atoms with Crippen molar-refractivity contribution in [2.45, 2.75) is 25.2 Å². The number of aryl methyl sites for hydroxylation is 1. The molecule has 1 aliphatic rings. The summed E-state index contributed by atoms with van der Waals surface area (Å²) in [6.07, 6.45) is 5.74. The standard InChI is InChI=1S/C12H14/c1-2-5-10-8-9-11-6-3-4-7-12(10)11/h2-4,6-7,10H,1,5,8-9H2/t10-/m0/s1. The lowest BCUT2D eigenvalue weighted by Crippen LogP contribution is -1.89. The summed E-state index contributed by atoms with van der Waals surface area (Å²) < 4.78 is 0. The van der Waals surface area contributed by atoms with E-state index in [1.165, 1.54) is 12.8 Å². The van der Waals surface area contributed by atoms with Crippen molar-refractivity contribution >= 4 is 0 Å². The fourth-order valence-corrected chi connectivity index (χ4v) is 2.09. The quantitative estimate of drug-likeness (QED) is 0.579. The minimum Gasteiger partial charge on any atom is -0.103 e. The summed E-state index contributed by atoms with van der Waals surface area (Å²) in [6.45, 7) is 3.80. The van der Waals surface area contributed by atoms with Crippen molar-refractivity contribution in [1.82, 2.24) is 0 Å². The van der Waals surface area contributed by atoms with E-state index in [0.29, 0.717) is 0 Å². The van der Waals surface area contributed by atoms with Gasteiger partial charge in [-0.25, -0.2) is 0 Å². The van der Waals surface area contributed by atoms with Crippen molar-refractivity contribution in [1.29, 1.82) is 0 Å². The average Bonchev–Trinajstić information content (AvgIpc) is 2.50. The van der Waals surface area contributed by atoms with E-state index in [9.17, 15) is 0 Å². The molecule has 0 heteroatoms. The molecule has 1 aliphatic carbocycles. The van der Waals surface area contributed by atoms with E-state index in [2.05, 4.69) is 30.8 Å². The molecule has 0 fully saturated rings. The number of fused-ring (bicyclic) bond motifs is 1. The molecule has 2 rings (SSSR count). The van der Waals surface area contributed by atoms with E-state index >= 15 is 0 Å². The molecule has 0 saturated heterocycles. The van der Waals surface area contributed by atoms with Gasteiger partial charge in [0.15, 0.2) is 0 Å². The zero-order valence-electron chi connectivity index (χ0n) is 7.29. The maximum atomic E-state index is 3.80. The highest BCUT2D eigenvalue weighted by molar-refractivity contribution is 5.35. The second-order valence-corrected chi connectivity index (χ2v) is 3.46. The van der Waals surface area contributed by atoms with E-state index < -0.39 is 0 Å². The monoisotopic (exact) mass is 158 g/mol. The first-order chi connectivity index (χ1) is 5.92. The van der Waals surface area contributed by atoms with E-state index in [1.807, 2.05) is 6.08 Å². The normalized spacial score (nSPS) is 20.5. The molecule has 0 spiro atoms. The summed E-state index contributed by atoms with van der Waals surface area (Å²) in [4.78, 5) is 0. The molecule has 0 aromatic heterocycles. The van der Waals surface area contributed by atoms with E-state index in [4.69, 9.17) is 0 Å². The van der Waals surface area contributed by atoms with Gasteiger partial charge < -0.3 is 0 Å². The highest BCUT2D eigenvalue weighted by Crippen LogP contribution is 2.35. The number of hydrogen-bond acceptors (Lipinski definition) is 0. The predicted molar refractivity (Wildman–Crippen MR) is 52.3 cm³/mol. The van der Waals surface area contributed by atoms with Crippen LogP contribution in [0, 0.1) is 0 Å². The summed E-state index contributed by atoms with van der Waals surface area (Å²) >= 11 is 0. The molecule has 0 radical (unpaired) electrons. The number of benzene rings is 1. The van der Waals surface area contributed by atoms with Gasteiger partial charge in [0.1, 0.15) is 0 Å². The van der Waals surface area contributed by atoms with Crippen LogP contribution in [0.15, 0.2) is 36.9 Å². The summed E-state index contributed by atoms with van der Waals surface area (Å²) in [5, 5.41) is 0. The lowest BCUT2D eigenvalue weighted by Gasteiger charge is -2.07. The third kappa shape index (κ3) is 1.18. The fraction of sp³-hybridized carbons (Fsp3) is 0.333. The first-order valence-corrected chi connectivity index (χ1v) is 4.60. The Bertz CT molecular complexity index is 286. The molecule has 0 N–H and O–H groups in total. The highest BCUT2D eigenvalue weighted by Gasteiger charge is 2.19. The van der Waals surface area contributed by atoms with Gasteiger partial charge in [0, 0.05) is 0 Å². The molecule has 0 aliphatic heterocycles. The summed E-state index contributed by atoms with van der Waals surface area (Å²) in [5.41, 5.74) is 3.10. The van der Waals surface area contributed by atoms with Crippen molar-refractivity contribution in [3.63, 3.8) is 0 Å². The summed E-state index contributed by atoms with van der Waals surface area (Å²) in [6, 6.07) is 8.78. The van der Waals surface area contributed by atoms with Crippen molar-refractivity contribution in [3.05, 3.63) is 48.0 Å². The van der Waals surface area contributed by atoms with Gasteiger partial charge in [0.25, 0.3) is 0 Å². The Hall–Kier alpha value is -1.04. The molecular formula is C12H14. The molecule has 1 aromatic carbocycles. The van der Waals surface area contributed by atoms with Crippen molar-refractivity contribution in [3.8, 4) is 0 Å². The number of allylic oxidation sites excluding steroid dienone is 1. The Kier molecular flexibility index (Phi) is 1.99. The van der Waals surface area contributed by atoms with E-state index in [-0.39, 0.29) is 0 Å². The van der Waals surface area contributed by atoms with Gasteiger partial charge in [-0.05, 0) is 36.3 Å². The van der Waals surface area contributed by atoms with E-state index in [1.54, 1.807) is 11.1 Å². The van der Waals surface area contributed by atoms with Crippen LogP contribution in [0.3, 0.4) is 0 Å². The fourth-order valence-electron chi connectivity index (χ4n) is 2.09. The zero-order chi connectivity index (χ0) is 8.39. The lowest BCUT2D eigenvalue weighted by molar-refractivity contribution is 0.690. The second kappa shape index (κ2) is 3.14. The minimum atomic E-state index is 0.749. The third-order valence-corrected chi connectivity index (χ3v) is 2.71. The molecular weight excluding hydrogens is 144 g/mol. The van der Waals surface area contributed by atoms with Crippen LogP contribution in [-0.4, -0.2) is 0 Å². The molecule has 62 valence electrons. The van der Waals surface area contributed by atoms with Crippen molar-refractivity contribution in [2.75, 3.05) is 0 Å². The van der Waals surface area contributed by atoms with Crippen LogP contribution in [0.2, 0.25) is 0 Å². The molecule has 0 bridgehead atoms. The van der Waals surface area contributed by atoms with Gasteiger partial charge in [-0.2, -0.15) is 0 Å². The Morgan fingerprint density at radius 3 is 3.08 bits per heavy atom. The van der Waals surface area contributed by atoms with Crippen LogP contribution in [0.25, 0.3) is 0 Å². The van der Waals surface area contributed by atoms with Crippen molar-refractivity contribution < 1.29 is 0 Å². The first kappa shape index (κ1) is 7.60. The van der Waals surface area contributed by atoms with Crippen LogP contribution >= 0.6 is 0 Å². The van der Waals surface area contributed by atoms with Gasteiger partial charge >= 0.3 is 0 Å². The van der Waals surface area contributed by atoms with Crippen molar-refractivity contribution in [2.24, 2.45) is 0 Å². The molecule has 0 nitrogen and oxygen atoms in total. The largest absolute Gasteiger partial charge is 0.103 e. The molecule has 12 heavy (non-hydrogen) atoms. The van der Waals surface area contributed by atoms with Crippen LogP contribution in [0.5, 0.6) is 0 Å². The van der Waals surface area contributed by atoms with Crippen LogP contribution < -0.4 is 0 Å². The summed E-state index contributed by atoms with van der Waals surface area (Å²) in [7, 11) is 0. The van der Waals surface area contributed by atoms with Crippen LogP contribution in [-0.2, 0) is 6.42 Å². The minimum absolute atomic E-state index is 0.749. The molecule has 0 heterocycles. The maximum Gasteiger partial charge on any atom is -0.0122 e. The smallest absolute Gasteiger partial charge is 0.0122 e. The third-order valence-electron chi connectivity index (χ3n) is 2.71. The van der Waals surface area contributed by atoms with Crippen LogP contribution in [0.1, 0.15) is 29.9 Å². The van der Waals surface area contributed by atoms with Gasteiger partial charge in [0.05, 0.1) is 0 Å². The molecule has 0 amide bonds. The first-order valence-electron chi connectivity index (χ1n) is 4.60. The SMILES string of the molecule is C=CC[C@H]1CCc2ccccc21. The zero-order valence-corrected chi connectivity index (χ0v) is 7.29.